The van der Waals surface area contributed by atoms with E-state index in [1.54, 1.807) is 12.1 Å². The molecule has 0 saturated carbocycles. The number of hydrogen-bond acceptors (Lipinski definition) is 3. The highest BCUT2D eigenvalue weighted by atomic mass is 35.5. The number of rotatable bonds is 8. The number of phenols is 2. The van der Waals surface area contributed by atoms with Crippen molar-refractivity contribution in [1.82, 2.24) is 4.90 Å². The van der Waals surface area contributed by atoms with Gasteiger partial charge < -0.3 is 10.2 Å². The van der Waals surface area contributed by atoms with Crippen molar-refractivity contribution < 1.29 is 10.2 Å². The molecule has 1 aliphatic rings. The van der Waals surface area contributed by atoms with Crippen molar-refractivity contribution in [3.8, 4) is 22.6 Å². The minimum Gasteiger partial charge on any atom is -0.508 e. The molecule has 1 atom stereocenters. The quantitative estimate of drug-likeness (QED) is 0.320. The van der Waals surface area contributed by atoms with E-state index in [-0.39, 0.29) is 17.5 Å². The number of benzene rings is 3. The molecule has 2 N–H and O–H groups in total. The van der Waals surface area contributed by atoms with Crippen LogP contribution in [0.25, 0.3) is 11.1 Å². The van der Waals surface area contributed by atoms with Gasteiger partial charge in [0.2, 0.25) is 0 Å². The van der Waals surface area contributed by atoms with E-state index < -0.39 is 0 Å². The molecule has 1 saturated heterocycles. The molecule has 1 fully saturated rings. The van der Waals surface area contributed by atoms with Crippen molar-refractivity contribution in [1.29, 1.82) is 0 Å². The van der Waals surface area contributed by atoms with E-state index in [0.29, 0.717) is 23.8 Å². The summed E-state index contributed by atoms with van der Waals surface area (Å²) in [7, 11) is 0. The van der Waals surface area contributed by atoms with Crippen LogP contribution in [0.2, 0.25) is 5.02 Å². The lowest BCUT2D eigenvalue weighted by atomic mass is 9.87. The molecule has 4 rings (SSSR count). The maximum absolute atomic E-state index is 11.7. The van der Waals surface area contributed by atoms with Crippen LogP contribution in [-0.2, 0) is 12.8 Å². The predicted molar refractivity (Wildman–Crippen MR) is 146 cm³/mol. The Balaban J connectivity index is 1.89. The predicted octanol–water partition coefficient (Wildman–Crippen LogP) is 7.70. The standard InChI is InChI=1S/C31H34ClNO2/c1-4-6-22-18-27(24-10-13-29(34)25(20-24)7-5-2)31(35)28(19-22)30(23-8-11-26(32)12-9-23)33-16-14-21(3)15-17-33/h4-5,8-13,18-21,30,34-35H,1-2,6-7,14-17H2,3H3. The van der Waals surface area contributed by atoms with E-state index in [9.17, 15) is 10.2 Å². The van der Waals surface area contributed by atoms with Gasteiger partial charge in [-0.25, -0.2) is 0 Å². The number of hydrogen-bond donors (Lipinski definition) is 2. The smallest absolute Gasteiger partial charge is 0.128 e. The van der Waals surface area contributed by atoms with E-state index in [1.165, 1.54) is 0 Å². The number of nitrogens with zero attached hydrogens (tertiary/aromatic N) is 1. The summed E-state index contributed by atoms with van der Waals surface area (Å²) in [5.74, 6) is 1.21. The van der Waals surface area contributed by atoms with Crippen LogP contribution in [0.15, 0.2) is 79.9 Å². The highest BCUT2D eigenvalue weighted by molar-refractivity contribution is 6.30. The molecule has 35 heavy (non-hydrogen) atoms. The molecule has 3 aromatic carbocycles. The van der Waals surface area contributed by atoms with E-state index in [4.69, 9.17) is 11.6 Å². The summed E-state index contributed by atoms with van der Waals surface area (Å²) in [4.78, 5) is 2.47. The fraction of sp³-hybridized carbons (Fsp3) is 0.290. The third kappa shape index (κ3) is 5.63. The first-order valence-corrected chi connectivity index (χ1v) is 12.7. The Labute approximate surface area is 214 Å². The van der Waals surface area contributed by atoms with Crippen LogP contribution in [0.5, 0.6) is 11.5 Å². The van der Waals surface area contributed by atoms with Gasteiger partial charge in [-0.15, -0.1) is 13.2 Å². The van der Waals surface area contributed by atoms with E-state index in [1.807, 2.05) is 36.4 Å². The maximum Gasteiger partial charge on any atom is 0.128 e. The second kappa shape index (κ2) is 11.2. The third-order valence-corrected chi connectivity index (χ3v) is 7.25. The first kappa shape index (κ1) is 25.1. The molecule has 1 unspecified atom stereocenters. The average Bonchev–Trinajstić information content (AvgIpc) is 2.85. The highest BCUT2D eigenvalue weighted by Gasteiger charge is 2.29. The van der Waals surface area contributed by atoms with Gasteiger partial charge in [0.05, 0.1) is 6.04 Å². The molecule has 0 bridgehead atoms. The van der Waals surface area contributed by atoms with Gasteiger partial charge in [0.15, 0.2) is 0 Å². The van der Waals surface area contributed by atoms with Crippen molar-refractivity contribution in [2.24, 2.45) is 5.92 Å². The molecule has 0 aromatic heterocycles. The lowest BCUT2D eigenvalue weighted by molar-refractivity contribution is 0.156. The molecule has 1 aliphatic heterocycles. The van der Waals surface area contributed by atoms with Crippen molar-refractivity contribution in [2.45, 2.75) is 38.6 Å². The summed E-state index contributed by atoms with van der Waals surface area (Å²) in [6.45, 7) is 12.0. The number of aromatic hydroxyl groups is 2. The molecule has 1 heterocycles. The normalized spacial score (nSPS) is 15.6. The van der Waals surface area contributed by atoms with Crippen molar-refractivity contribution in [3.63, 3.8) is 0 Å². The molecule has 0 spiro atoms. The van der Waals surface area contributed by atoms with E-state index in [2.05, 4.69) is 43.2 Å². The van der Waals surface area contributed by atoms with Gasteiger partial charge in [-0.3, -0.25) is 4.90 Å². The summed E-state index contributed by atoms with van der Waals surface area (Å²) in [6.07, 6.45) is 7.17. The van der Waals surface area contributed by atoms with Crippen LogP contribution in [0.3, 0.4) is 0 Å². The van der Waals surface area contributed by atoms with Crippen LogP contribution in [0.1, 0.15) is 48.1 Å². The topological polar surface area (TPSA) is 43.7 Å². The molecular formula is C31H34ClNO2. The van der Waals surface area contributed by atoms with E-state index in [0.717, 1.165) is 59.3 Å². The molecule has 0 aliphatic carbocycles. The van der Waals surface area contributed by atoms with Gasteiger partial charge in [0.1, 0.15) is 11.5 Å². The summed E-state index contributed by atoms with van der Waals surface area (Å²) >= 11 is 6.22. The molecule has 3 nitrogen and oxygen atoms in total. The average molecular weight is 488 g/mol. The van der Waals surface area contributed by atoms with Gasteiger partial charge in [-0.2, -0.15) is 0 Å². The van der Waals surface area contributed by atoms with Crippen LogP contribution >= 0.6 is 11.6 Å². The van der Waals surface area contributed by atoms with Gasteiger partial charge >= 0.3 is 0 Å². The second-order valence-electron chi connectivity index (χ2n) is 9.58. The van der Waals surface area contributed by atoms with Gasteiger partial charge in [-0.1, -0.05) is 48.9 Å². The Bertz CT molecular complexity index is 1190. The third-order valence-electron chi connectivity index (χ3n) is 7.00. The summed E-state index contributed by atoms with van der Waals surface area (Å²) < 4.78 is 0. The first-order valence-electron chi connectivity index (χ1n) is 12.3. The Kier molecular flexibility index (Phi) is 8.00. The number of likely N-dealkylation sites (tertiary alicyclic amines) is 1. The molecule has 3 aromatic rings. The molecule has 4 heteroatoms. The summed E-state index contributed by atoms with van der Waals surface area (Å²) in [5.41, 5.74) is 5.49. The lowest BCUT2D eigenvalue weighted by Gasteiger charge is -2.38. The molecule has 182 valence electrons. The highest BCUT2D eigenvalue weighted by Crippen LogP contribution is 2.43. The van der Waals surface area contributed by atoms with Gasteiger partial charge in [-0.05, 0) is 103 Å². The minimum atomic E-state index is -0.0898. The Morgan fingerprint density at radius 1 is 0.971 bits per heavy atom. The number of piperidine rings is 1. The van der Waals surface area contributed by atoms with Crippen LogP contribution < -0.4 is 0 Å². The largest absolute Gasteiger partial charge is 0.508 e. The summed E-state index contributed by atoms with van der Waals surface area (Å²) in [5, 5.41) is 22.7. The van der Waals surface area contributed by atoms with Gasteiger partial charge in [0.25, 0.3) is 0 Å². The monoisotopic (exact) mass is 487 g/mol. The number of halogens is 1. The first-order chi connectivity index (χ1) is 16.9. The minimum absolute atomic E-state index is 0.0898. The zero-order chi connectivity index (χ0) is 24.9. The Morgan fingerprint density at radius 2 is 1.66 bits per heavy atom. The fourth-order valence-corrected chi connectivity index (χ4v) is 5.15. The second-order valence-corrected chi connectivity index (χ2v) is 10.0. The van der Waals surface area contributed by atoms with Crippen molar-refractivity contribution in [3.05, 3.63) is 107 Å². The van der Waals surface area contributed by atoms with E-state index >= 15 is 0 Å². The molecule has 0 amide bonds. The molecular weight excluding hydrogens is 454 g/mol. The zero-order valence-electron chi connectivity index (χ0n) is 20.4. The van der Waals surface area contributed by atoms with Crippen molar-refractivity contribution in [2.75, 3.05) is 13.1 Å². The SMILES string of the molecule is C=CCc1cc(-c2ccc(O)c(CC=C)c2)c(O)c(C(c2ccc(Cl)cc2)N2CCC(C)CC2)c1. The summed E-state index contributed by atoms with van der Waals surface area (Å²) in [6, 6.07) is 17.5. The maximum atomic E-state index is 11.7. The fourth-order valence-electron chi connectivity index (χ4n) is 5.02. The van der Waals surface area contributed by atoms with Gasteiger partial charge in [0, 0.05) is 16.1 Å². The van der Waals surface area contributed by atoms with Crippen LogP contribution in [-0.4, -0.2) is 28.2 Å². The van der Waals surface area contributed by atoms with Crippen LogP contribution in [0.4, 0.5) is 0 Å². The van der Waals surface area contributed by atoms with Crippen LogP contribution in [0, 0.1) is 5.92 Å². The lowest BCUT2D eigenvalue weighted by Crippen LogP contribution is -2.36. The molecule has 0 radical (unpaired) electrons. The number of phenolic OH excluding ortho intramolecular Hbond substituents is 2. The van der Waals surface area contributed by atoms with Crippen molar-refractivity contribution >= 4 is 11.6 Å². The zero-order valence-corrected chi connectivity index (χ0v) is 21.1. The number of allylic oxidation sites excluding steroid dienone is 2. The Hall–Kier alpha value is -3.01. The Morgan fingerprint density at radius 3 is 2.31 bits per heavy atom.